The van der Waals surface area contributed by atoms with Crippen molar-refractivity contribution in [1.29, 1.82) is 0 Å². The van der Waals surface area contributed by atoms with Crippen molar-refractivity contribution < 1.29 is 9.18 Å². The lowest BCUT2D eigenvalue weighted by Crippen LogP contribution is -2.33. The molecule has 2 heterocycles. The molecular formula is C15H18Cl2FN3OS. The third kappa shape index (κ3) is 4.64. The van der Waals surface area contributed by atoms with E-state index in [1.807, 2.05) is 4.90 Å². The second-order valence-electron chi connectivity index (χ2n) is 4.91. The minimum absolute atomic E-state index is 0. The molecule has 0 aliphatic carbocycles. The third-order valence-corrected chi connectivity index (χ3v) is 4.47. The fourth-order valence-corrected chi connectivity index (χ4v) is 3.25. The van der Waals surface area contributed by atoms with Crippen LogP contribution < -0.4 is 5.32 Å². The number of nitrogens with one attached hydrogen (secondary N) is 1. The highest BCUT2D eigenvalue weighted by Crippen LogP contribution is 2.28. The number of aromatic nitrogens is 1. The van der Waals surface area contributed by atoms with Gasteiger partial charge in [0.15, 0.2) is 0 Å². The number of hydrogen-bond donors (Lipinski definition) is 1. The summed E-state index contributed by atoms with van der Waals surface area (Å²) in [5.41, 5.74) is 0.444. The third-order valence-electron chi connectivity index (χ3n) is 3.45. The molecule has 0 unspecified atom stereocenters. The standard InChI is InChI=1S/C15H16FN3OS.2ClH/c16-12-5-2-1-4-11(12)14-18-10-13(21-14)15(20)19-8-3-6-17-7-9-19;;/h1-2,4-5,10,17H,3,6-9H2;2*1H. The zero-order valence-electron chi connectivity index (χ0n) is 12.3. The minimum Gasteiger partial charge on any atom is -0.337 e. The average Bonchev–Trinajstić information content (AvgIpc) is 2.82. The van der Waals surface area contributed by atoms with Crippen molar-refractivity contribution in [2.75, 3.05) is 26.2 Å². The van der Waals surface area contributed by atoms with Crippen molar-refractivity contribution in [3.63, 3.8) is 0 Å². The quantitative estimate of drug-likeness (QED) is 0.873. The van der Waals surface area contributed by atoms with E-state index in [9.17, 15) is 9.18 Å². The zero-order chi connectivity index (χ0) is 14.7. The predicted molar refractivity (Wildman–Crippen MR) is 95.4 cm³/mol. The summed E-state index contributed by atoms with van der Waals surface area (Å²) in [6.07, 6.45) is 2.50. The Kier molecular flexibility index (Phi) is 7.91. The van der Waals surface area contributed by atoms with Gasteiger partial charge < -0.3 is 10.2 Å². The molecule has 0 spiro atoms. The van der Waals surface area contributed by atoms with Crippen LogP contribution in [0.4, 0.5) is 4.39 Å². The Morgan fingerprint density at radius 3 is 2.78 bits per heavy atom. The molecule has 0 atom stereocenters. The van der Waals surface area contributed by atoms with Gasteiger partial charge in [-0.2, -0.15) is 0 Å². The molecule has 23 heavy (non-hydrogen) atoms. The first-order valence-electron chi connectivity index (χ1n) is 6.96. The van der Waals surface area contributed by atoms with Crippen LogP contribution in [0.5, 0.6) is 0 Å². The summed E-state index contributed by atoms with van der Waals surface area (Å²) in [5, 5.41) is 3.81. The maximum absolute atomic E-state index is 13.8. The van der Waals surface area contributed by atoms with Gasteiger partial charge >= 0.3 is 0 Å². The molecule has 0 saturated carbocycles. The Balaban J connectivity index is 0.00000132. The first-order chi connectivity index (χ1) is 10.3. The van der Waals surface area contributed by atoms with Crippen LogP contribution in [0.15, 0.2) is 30.5 Å². The van der Waals surface area contributed by atoms with Gasteiger partial charge in [0.05, 0.1) is 6.20 Å². The van der Waals surface area contributed by atoms with Crippen molar-refractivity contribution >= 4 is 42.1 Å². The summed E-state index contributed by atoms with van der Waals surface area (Å²) in [4.78, 5) is 19.1. The van der Waals surface area contributed by atoms with Crippen LogP contribution in [-0.2, 0) is 0 Å². The van der Waals surface area contributed by atoms with Gasteiger partial charge in [0.2, 0.25) is 0 Å². The second kappa shape index (κ2) is 9.17. The van der Waals surface area contributed by atoms with E-state index >= 15 is 0 Å². The highest BCUT2D eigenvalue weighted by Gasteiger charge is 2.20. The molecule has 126 valence electrons. The first kappa shape index (κ1) is 19.8. The van der Waals surface area contributed by atoms with Crippen molar-refractivity contribution in [2.45, 2.75) is 6.42 Å². The summed E-state index contributed by atoms with van der Waals surface area (Å²) in [6.45, 7) is 3.20. The topological polar surface area (TPSA) is 45.2 Å². The molecular weight excluding hydrogens is 360 g/mol. The van der Waals surface area contributed by atoms with Crippen LogP contribution in [0.2, 0.25) is 0 Å². The molecule has 8 heteroatoms. The number of nitrogens with zero attached hydrogens (tertiary/aromatic N) is 2. The lowest BCUT2D eigenvalue weighted by molar-refractivity contribution is 0.0771. The van der Waals surface area contributed by atoms with E-state index in [0.29, 0.717) is 22.0 Å². The highest BCUT2D eigenvalue weighted by atomic mass is 35.5. The molecule has 2 aromatic rings. The molecule has 1 N–H and O–H groups in total. The molecule has 0 bridgehead atoms. The van der Waals surface area contributed by atoms with Gasteiger partial charge in [-0.15, -0.1) is 36.2 Å². The van der Waals surface area contributed by atoms with Crippen molar-refractivity contribution in [3.05, 3.63) is 41.2 Å². The second-order valence-corrected chi connectivity index (χ2v) is 5.94. The van der Waals surface area contributed by atoms with E-state index in [2.05, 4.69) is 10.3 Å². The van der Waals surface area contributed by atoms with E-state index in [1.165, 1.54) is 17.4 Å². The number of carbonyl (C=O) groups excluding carboxylic acids is 1. The Hall–Kier alpha value is -1.21. The lowest BCUT2D eigenvalue weighted by Gasteiger charge is -2.18. The minimum atomic E-state index is -0.315. The number of thiazole rings is 1. The molecule has 4 nitrogen and oxygen atoms in total. The molecule has 1 aliphatic rings. The van der Waals surface area contributed by atoms with Crippen molar-refractivity contribution in [2.24, 2.45) is 0 Å². The number of halogens is 3. The Labute approximate surface area is 150 Å². The van der Waals surface area contributed by atoms with Crippen LogP contribution in [0.1, 0.15) is 16.1 Å². The van der Waals surface area contributed by atoms with E-state index in [-0.39, 0.29) is 36.5 Å². The number of carbonyl (C=O) groups is 1. The zero-order valence-corrected chi connectivity index (χ0v) is 14.8. The summed E-state index contributed by atoms with van der Waals surface area (Å²) >= 11 is 1.25. The SMILES string of the molecule is Cl.Cl.O=C(c1cnc(-c2ccccc2F)s1)N1CCCNCC1. The van der Waals surface area contributed by atoms with Crippen LogP contribution >= 0.6 is 36.2 Å². The van der Waals surface area contributed by atoms with E-state index < -0.39 is 0 Å². The number of benzene rings is 1. The summed E-state index contributed by atoms with van der Waals surface area (Å²) in [6, 6.07) is 6.49. The highest BCUT2D eigenvalue weighted by molar-refractivity contribution is 7.16. The van der Waals surface area contributed by atoms with Crippen LogP contribution in [0.25, 0.3) is 10.6 Å². The van der Waals surface area contributed by atoms with E-state index in [1.54, 1.807) is 24.4 Å². The summed E-state index contributed by atoms with van der Waals surface area (Å²) in [5.74, 6) is -0.330. The maximum Gasteiger partial charge on any atom is 0.265 e. The van der Waals surface area contributed by atoms with Gasteiger partial charge in [-0.25, -0.2) is 9.37 Å². The van der Waals surface area contributed by atoms with Crippen LogP contribution in [0.3, 0.4) is 0 Å². The predicted octanol–water partition coefficient (Wildman–Crippen LogP) is 3.23. The van der Waals surface area contributed by atoms with Gasteiger partial charge in [-0.1, -0.05) is 12.1 Å². The van der Waals surface area contributed by atoms with Gasteiger partial charge in [0.25, 0.3) is 5.91 Å². The Morgan fingerprint density at radius 1 is 1.22 bits per heavy atom. The molecule has 1 aromatic carbocycles. The number of amides is 1. The van der Waals surface area contributed by atoms with Crippen molar-refractivity contribution in [1.82, 2.24) is 15.2 Å². The normalized spacial score (nSPS) is 14.4. The number of rotatable bonds is 2. The van der Waals surface area contributed by atoms with E-state index in [0.717, 1.165) is 26.1 Å². The fraction of sp³-hybridized carbons (Fsp3) is 0.333. The van der Waals surface area contributed by atoms with Gasteiger partial charge in [0, 0.05) is 25.2 Å². The van der Waals surface area contributed by atoms with Gasteiger partial charge in [0.1, 0.15) is 15.7 Å². The van der Waals surface area contributed by atoms with Gasteiger partial charge in [-0.05, 0) is 25.1 Å². The first-order valence-corrected chi connectivity index (χ1v) is 7.78. The van der Waals surface area contributed by atoms with Gasteiger partial charge in [-0.3, -0.25) is 4.79 Å². The maximum atomic E-state index is 13.8. The largest absolute Gasteiger partial charge is 0.337 e. The Bertz CT molecular complexity index is 645. The molecule has 3 rings (SSSR count). The Morgan fingerprint density at radius 2 is 2.00 bits per heavy atom. The molecule has 1 amide bonds. The molecule has 0 radical (unpaired) electrons. The van der Waals surface area contributed by atoms with E-state index in [4.69, 9.17) is 0 Å². The lowest BCUT2D eigenvalue weighted by atomic mass is 10.2. The molecule has 1 aliphatic heterocycles. The molecule has 1 saturated heterocycles. The number of hydrogen-bond acceptors (Lipinski definition) is 4. The molecule has 1 aromatic heterocycles. The monoisotopic (exact) mass is 377 g/mol. The fourth-order valence-electron chi connectivity index (χ4n) is 2.34. The van der Waals surface area contributed by atoms with Crippen LogP contribution in [0, 0.1) is 5.82 Å². The van der Waals surface area contributed by atoms with Crippen LogP contribution in [-0.4, -0.2) is 42.0 Å². The smallest absolute Gasteiger partial charge is 0.265 e. The average molecular weight is 378 g/mol. The summed E-state index contributed by atoms with van der Waals surface area (Å²) < 4.78 is 13.8. The molecule has 1 fully saturated rings. The summed E-state index contributed by atoms with van der Waals surface area (Å²) in [7, 11) is 0. The van der Waals surface area contributed by atoms with Crippen molar-refractivity contribution in [3.8, 4) is 10.6 Å².